The Morgan fingerprint density at radius 3 is 2.48 bits per heavy atom. The SMILES string of the molecule is N#Cc1ccccc1Nc1nc(Nc2ccc(C3CCN(C(=O)N[C@H]4CC[C@@H](NCCOCCC#Cc5ccc6c(c5)CN(C5CCC(=O)NC5=O)C6=O)CC4)CC3)cc2)ncc1Cl. The van der Waals surface area contributed by atoms with E-state index in [1.165, 1.54) is 11.8 Å². The number of urea groups is 1. The molecule has 64 heavy (non-hydrogen) atoms. The van der Waals surface area contributed by atoms with E-state index in [-0.39, 0.29) is 30.3 Å². The monoisotopic (exact) mass is 882 g/mol. The van der Waals surface area contributed by atoms with E-state index in [1.54, 1.807) is 29.2 Å². The van der Waals surface area contributed by atoms with Gasteiger partial charge < -0.3 is 35.8 Å². The number of hydrogen-bond donors (Lipinski definition) is 5. The Balaban J connectivity index is 0.683. The summed E-state index contributed by atoms with van der Waals surface area (Å²) in [6, 6.07) is 23.0. The van der Waals surface area contributed by atoms with Crippen molar-refractivity contribution in [1.82, 2.24) is 35.7 Å². The number of piperidine rings is 2. The van der Waals surface area contributed by atoms with E-state index in [0.29, 0.717) is 91.3 Å². The van der Waals surface area contributed by atoms with Gasteiger partial charge in [-0.3, -0.25) is 19.7 Å². The number of rotatable bonds is 13. The first-order chi connectivity index (χ1) is 31.2. The lowest BCUT2D eigenvalue weighted by Crippen LogP contribution is -2.52. The molecule has 8 rings (SSSR count). The molecular formula is C48H51ClN10O5. The second-order valence-electron chi connectivity index (χ2n) is 16.6. The number of benzene rings is 3. The number of amides is 5. The number of halogens is 1. The van der Waals surface area contributed by atoms with E-state index in [0.717, 1.165) is 61.9 Å². The first kappa shape index (κ1) is 44.1. The lowest BCUT2D eigenvalue weighted by Gasteiger charge is -2.35. The van der Waals surface area contributed by atoms with Crippen LogP contribution in [-0.2, 0) is 20.9 Å². The van der Waals surface area contributed by atoms with Gasteiger partial charge in [0.2, 0.25) is 17.8 Å². The van der Waals surface area contributed by atoms with Crippen molar-refractivity contribution < 1.29 is 23.9 Å². The molecule has 0 spiro atoms. The third kappa shape index (κ3) is 11.0. The highest BCUT2D eigenvalue weighted by molar-refractivity contribution is 6.33. The lowest BCUT2D eigenvalue weighted by atomic mass is 9.89. The summed E-state index contributed by atoms with van der Waals surface area (Å²) in [5, 5.41) is 25.4. The number of nitriles is 1. The molecule has 1 aromatic heterocycles. The van der Waals surface area contributed by atoms with E-state index in [9.17, 15) is 24.4 Å². The number of para-hydroxylation sites is 1. The first-order valence-electron chi connectivity index (χ1n) is 22.0. The lowest BCUT2D eigenvalue weighted by molar-refractivity contribution is -0.136. The maximum atomic E-state index is 13.2. The Kier molecular flexibility index (Phi) is 14.3. The van der Waals surface area contributed by atoms with Crippen molar-refractivity contribution in [3.63, 3.8) is 0 Å². The van der Waals surface area contributed by atoms with Crippen LogP contribution < -0.4 is 26.6 Å². The minimum atomic E-state index is -0.632. The van der Waals surface area contributed by atoms with Crippen molar-refractivity contribution in [2.24, 2.45) is 0 Å². The number of fused-ring (bicyclic) bond motifs is 1. The average molecular weight is 883 g/mol. The summed E-state index contributed by atoms with van der Waals surface area (Å²) in [7, 11) is 0. The van der Waals surface area contributed by atoms with Crippen LogP contribution in [0.25, 0.3) is 0 Å². The molecule has 15 nitrogen and oxygen atoms in total. The maximum Gasteiger partial charge on any atom is 0.317 e. The van der Waals surface area contributed by atoms with Crippen molar-refractivity contribution in [3.8, 4) is 17.9 Å². The second kappa shape index (κ2) is 20.8. The summed E-state index contributed by atoms with van der Waals surface area (Å²) in [6.07, 6.45) is 8.35. The van der Waals surface area contributed by atoms with E-state index in [4.69, 9.17) is 16.3 Å². The Morgan fingerprint density at radius 2 is 1.70 bits per heavy atom. The molecule has 2 saturated heterocycles. The molecule has 330 valence electrons. The number of carbonyl (C=O) groups is 4. The van der Waals surface area contributed by atoms with Crippen molar-refractivity contribution in [2.75, 3.05) is 43.5 Å². The second-order valence-corrected chi connectivity index (χ2v) is 17.0. The number of aromatic nitrogens is 2. The van der Waals surface area contributed by atoms with E-state index in [2.05, 4.69) is 66.6 Å². The molecule has 4 aliphatic rings. The predicted octanol–water partition coefficient (Wildman–Crippen LogP) is 6.50. The molecule has 1 atom stereocenters. The molecule has 5 amide bonds. The van der Waals surface area contributed by atoms with Crippen molar-refractivity contribution in [1.29, 1.82) is 5.26 Å². The number of carbonyl (C=O) groups excluding carboxylic acids is 4. The van der Waals surface area contributed by atoms with Crippen LogP contribution in [0.4, 0.5) is 27.9 Å². The third-order valence-corrected chi connectivity index (χ3v) is 12.6. The molecule has 1 unspecified atom stereocenters. The van der Waals surface area contributed by atoms with E-state index in [1.807, 2.05) is 35.2 Å². The zero-order chi connectivity index (χ0) is 44.4. The number of likely N-dealkylation sites (tertiary alicyclic amines) is 1. The molecule has 4 heterocycles. The van der Waals surface area contributed by atoms with Gasteiger partial charge in [0, 0.05) is 67.9 Å². The summed E-state index contributed by atoms with van der Waals surface area (Å²) in [5.41, 5.74) is 5.38. The van der Waals surface area contributed by atoms with Gasteiger partial charge in [0.15, 0.2) is 5.82 Å². The minimum Gasteiger partial charge on any atom is -0.379 e. The van der Waals surface area contributed by atoms with Crippen molar-refractivity contribution in [3.05, 3.63) is 106 Å². The Hall–Kier alpha value is -6.52. The van der Waals surface area contributed by atoms with Crippen LogP contribution in [0.1, 0.15) is 96.3 Å². The van der Waals surface area contributed by atoms with Crippen LogP contribution in [0.2, 0.25) is 5.02 Å². The van der Waals surface area contributed by atoms with Crippen LogP contribution in [0.15, 0.2) is 72.9 Å². The Morgan fingerprint density at radius 1 is 0.922 bits per heavy atom. The molecule has 3 fully saturated rings. The van der Waals surface area contributed by atoms with Gasteiger partial charge in [0.05, 0.1) is 30.7 Å². The fourth-order valence-electron chi connectivity index (χ4n) is 8.80. The highest BCUT2D eigenvalue weighted by Crippen LogP contribution is 2.32. The fourth-order valence-corrected chi connectivity index (χ4v) is 8.94. The predicted molar refractivity (Wildman–Crippen MR) is 242 cm³/mol. The van der Waals surface area contributed by atoms with Gasteiger partial charge in [-0.2, -0.15) is 10.2 Å². The molecular weight excluding hydrogens is 832 g/mol. The minimum absolute atomic E-state index is 0.0292. The largest absolute Gasteiger partial charge is 0.379 e. The molecule has 3 aliphatic heterocycles. The highest BCUT2D eigenvalue weighted by atomic mass is 35.5. The molecule has 1 saturated carbocycles. The third-order valence-electron chi connectivity index (χ3n) is 12.3. The summed E-state index contributed by atoms with van der Waals surface area (Å²) in [5.74, 6) is 6.54. The Bertz CT molecular complexity index is 2470. The highest BCUT2D eigenvalue weighted by Gasteiger charge is 2.39. The molecule has 16 heteroatoms. The van der Waals surface area contributed by atoms with Crippen LogP contribution in [0.5, 0.6) is 0 Å². The number of ether oxygens (including phenoxy) is 1. The van der Waals surface area contributed by atoms with Gasteiger partial charge in [-0.05, 0) is 104 Å². The zero-order valence-corrected chi connectivity index (χ0v) is 36.3. The number of hydrogen-bond acceptors (Lipinski definition) is 11. The molecule has 0 bridgehead atoms. The number of anilines is 4. The normalized spacial score (nSPS) is 19.8. The van der Waals surface area contributed by atoms with Crippen molar-refractivity contribution >= 4 is 58.5 Å². The van der Waals surface area contributed by atoms with Gasteiger partial charge in [-0.25, -0.2) is 9.78 Å². The number of nitrogens with one attached hydrogen (secondary N) is 5. The quantitative estimate of drug-likeness (QED) is 0.0560. The Labute approximate surface area is 377 Å². The number of imide groups is 1. The van der Waals surface area contributed by atoms with Crippen molar-refractivity contribution in [2.45, 2.75) is 88.4 Å². The summed E-state index contributed by atoms with van der Waals surface area (Å²) >= 11 is 6.36. The van der Waals surface area contributed by atoms with E-state index >= 15 is 0 Å². The molecule has 3 aromatic carbocycles. The standard InChI is InChI=1S/C48H51ClN10O5/c49-40-29-52-47(57-44(40)55-41-7-2-1-6-34(41)28-50)53-37-11-9-32(10-12-37)33-20-23-58(24-21-33)48(63)54-38-15-13-36(14-16-38)51-22-26-64-25-4-3-5-31-8-17-39-35(27-31)30-59(46(39)62)42-18-19-43(60)56-45(42)61/h1-2,6-12,17,27,29,33,36,38,42,51H,4,13-16,18-26,30H2,(H,54,63)(H,56,60,61)(H2,52,53,55,57)/t36-,38+,42?. The van der Waals surface area contributed by atoms with Gasteiger partial charge in [0.1, 0.15) is 17.1 Å². The average Bonchev–Trinajstić information content (AvgIpc) is 3.63. The smallest absolute Gasteiger partial charge is 0.317 e. The summed E-state index contributed by atoms with van der Waals surface area (Å²) < 4.78 is 5.82. The van der Waals surface area contributed by atoms with Gasteiger partial charge in [-0.1, -0.05) is 47.7 Å². The van der Waals surface area contributed by atoms with Gasteiger partial charge >= 0.3 is 6.03 Å². The van der Waals surface area contributed by atoms with Gasteiger partial charge in [0.25, 0.3) is 5.91 Å². The van der Waals surface area contributed by atoms with E-state index < -0.39 is 11.9 Å². The summed E-state index contributed by atoms with van der Waals surface area (Å²) in [6.45, 7) is 3.62. The number of nitrogens with zero attached hydrogens (tertiary/aromatic N) is 5. The molecule has 5 N–H and O–H groups in total. The summed E-state index contributed by atoms with van der Waals surface area (Å²) in [4.78, 5) is 62.3. The molecule has 1 aliphatic carbocycles. The van der Waals surface area contributed by atoms with Crippen LogP contribution in [0.3, 0.4) is 0 Å². The van der Waals surface area contributed by atoms with Crippen LogP contribution in [0, 0.1) is 23.2 Å². The maximum absolute atomic E-state index is 13.2. The topological polar surface area (TPSA) is 194 Å². The van der Waals surface area contributed by atoms with Crippen LogP contribution in [-0.4, -0.2) is 94.5 Å². The first-order valence-corrected chi connectivity index (χ1v) is 22.4. The molecule has 0 radical (unpaired) electrons. The molecule has 4 aromatic rings. The zero-order valence-electron chi connectivity index (χ0n) is 35.5. The fraction of sp³-hybridized carbons (Fsp3) is 0.396. The van der Waals surface area contributed by atoms with Gasteiger partial charge in [-0.15, -0.1) is 0 Å². The van der Waals surface area contributed by atoms with Crippen LogP contribution >= 0.6 is 11.6 Å².